The van der Waals surface area contributed by atoms with Crippen molar-refractivity contribution in [2.75, 3.05) is 6.61 Å². The van der Waals surface area contributed by atoms with Gasteiger partial charge in [-0.3, -0.25) is 10.1 Å². The van der Waals surface area contributed by atoms with E-state index in [1.165, 1.54) is 75.1 Å². The zero-order valence-electron chi connectivity index (χ0n) is 16.8. The van der Waals surface area contributed by atoms with Crippen LogP contribution in [0.3, 0.4) is 0 Å². The molecule has 7 heteroatoms. The molecule has 1 heterocycles. The van der Waals surface area contributed by atoms with Crippen LogP contribution in [0, 0.1) is 10.1 Å². The number of unbranched alkanes of at least 4 members (excludes halogenated alkanes) is 7. The summed E-state index contributed by atoms with van der Waals surface area (Å²) in [5, 5.41) is 10.6. The molecule has 1 aromatic heterocycles. The van der Waals surface area contributed by atoms with Gasteiger partial charge in [-0.1, -0.05) is 51.9 Å². The van der Waals surface area contributed by atoms with Gasteiger partial charge in [0, 0.05) is 12.1 Å². The summed E-state index contributed by atoms with van der Waals surface area (Å²) in [6.45, 7) is 2.85. The number of carbonyl (C=O) groups excluding carboxylic acids is 1. The largest absolute Gasteiger partial charge is 0.492 e. The number of aromatic nitrogens is 1. The van der Waals surface area contributed by atoms with Gasteiger partial charge in [-0.25, -0.2) is 9.78 Å². The van der Waals surface area contributed by atoms with Gasteiger partial charge in [0.15, 0.2) is 0 Å². The molecule has 0 saturated carbocycles. The van der Waals surface area contributed by atoms with E-state index in [4.69, 9.17) is 9.47 Å². The van der Waals surface area contributed by atoms with Crippen molar-refractivity contribution in [3.05, 3.63) is 58.4 Å². The number of rotatable bonds is 13. The number of non-ortho nitro benzene ring substituents is 1. The number of nitro benzene ring substituents is 1. The SMILES string of the molecule is CCCCCCCCCCOc1ccc(C(=O)Oc2ccc([N+](=O)[O-])cc2)nc1. The van der Waals surface area contributed by atoms with E-state index in [1.54, 1.807) is 6.07 Å². The van der Waals surface area contributed by atoms with Gasteiger partial charge in [0.25, 0.3) is 5.69 Å². The quantitative estimate of drug-likeness (QED) is 0.140. The summed E-state index contributed by atoms with van der Waals surface area (Å²) in [6, 6.07) is 8.52. The molecule has 2 aromatic rings. The van der Waals surface area contributed by atoms with Crippen LogP contribution in [0.4, 0.5) is 5.69 Å². The molecule has 156 valence electrons. The van der Waals surface area contributed by atoms with Gasteiger partial charge in [0.05, 0.1) is 17.7 Å². The molecule has 0 amide bonds. The Kier molecular flexibility index (Phi) is 9.62. The molecular weight excluding hydrogens is 372 g/mol. The Morgan fingerprint density at radius 3 is 2.14 bits per heavy atom. The van der Waals surface area contributed by atoms with Crippen LogP contribution in [0.25, 0.3) is 0 Å². The molecular formula is C22H28N2O5. The summed E-state index contributed by atoms with van der Waals surface area (Å²) in [5.74, 6) is 0.200. The minimum atomic E-state index is -0.631. The van der Waals surface area contributed by atoms with Crippen molar-refractivity contribution < 1.29 is 19.2 Å². The van der Waals surface area contributed by atoms with E-state index in [2.05, 4.69) is 11.9 Å². The molecule has 0 fully saturated rings. The predicted molar refractivity (Wildman–Crippen MR) is 110 cm³/mol. The number of hydrogen-bond donors (Lipinski definition) is 0. The Morgan fingerprint density at radius 2 is 1.55 bits per heavy atom. The molecule has 0 N–H and O–H groups in total. The molecule has 0 atom stereocenters. The highest BCUT2D eigenvalue weighted by Gasteiger charge is 2.12. The third-order valence-electron chi connectivity index (χ3n) is 4.47. The molecule has 1 aromatic carbocycles. The van der Waals surface area contributed by atoms with Gasteiger partial charge in [-0.2, -0.15) is 0 Å². The normalized spacial score (nSPS) is 10.5. The van der Waals surface area contributed by atoms with Crippen molar-refractivity contribution in [1.82, 2.24) is 4.98 Å². The van der Waals surface area contributed by atoms with Gasteiger partial charge in [0.1, 0.15) is 17.2 Å². The highest BCUT2D eigenvalue weighted by molar-refractivity contribution is 5.89. The monoisotopic (exact) mass is 400 g/mol. The minimum Gasteiger partial charge on any atom is -0.492 e. The Morgan fingerprint density at radius 1 is 0.931 bits per heavy atom. The molecule has 7 nitrogen and oxygen atoms in total. The molecule has 0 spiro atoms. The van der Waals surface area contributed by atoms with E-state index in [1.807, 2.05) is 0 Å². The number of nitro groups is 1. The van der Waals surface area contributed by atoms with Gasteiger partial charge < -0.3 is 9.47 Å². The smallest absolute Gasteiger partial charge is 0.362 e. The van der Waals surface area contributed by atoms with Crippen molar-refractivity contribution in [2.24, 2.45) is 0 Å². The zero-order valence-corrected chi connectivity index (χ0v) is 16.8. The van der Waals surface area contributed by atoms with Gasteiger partial charge in [-0.05, 0) is 30.7 Å². The lowest BCUT2D eigenvalue weighted by Gasteiger charge is -2.07. The molecule has 0 saturated heterocycles. The van der Waals surface area contributed by atoms with Gasteiger partial charge in [-0.15, -0.1) is 0 Å². The van der Waals surface area contributed by atoms with Crippen molar-refractivity contribution in [3.8, 4) is 11.5 Å². The molecule has 0 bridgehead atoms. The summed E-state index contributed by atoms with van der Waals surface area (Å²) in [6.07, 6.45) is 11.4. The van der Waals surface area contributed by atoms with Crippen LogP contribution in [0.2, 0.25) is 0 Å². The van der Waals surface area contributed by atoms with E-state index in [0.29, 0.717) is 12.4 Å². The second-order valence-electron chi connectivity index (χ2n) is 6.84. The Hall–Kier alpha value is -2.96. The van der Waals surface area contributed by atoms with Gasteiger partial charge >= 0.3 is 5.97 Å². The number of esters is 1. The molecule has 0 aliphatic rings. The van der Waals surface area contributed by atoms with Crippen LogP contribution >= 0.6 is 0 Å². The third-order valence-corrected chi connectivity index (χ3v) is 4.47. The number of pyridine rings is 1. The summed E-state index contributed by atoms with van der Waals surface area (Å²) in [5.41, 5.74) is 0.0729. The van der Waals surface area contributed by atoms with E-state index in [0.717, 1.165) is 12.8 Å². The average molecular weight is 400 g/mol. The average Bonchev–Trinajstić information content (AvgIpc) is 2.73. The zero-order chi connectivity index (χ0) is 20.9. The number of hydrogen-bond acceptors (Lipinski definition) is 6. The Bertz CT molecular complexity index is 760. The highest BCUT2D eigenvalue weighted by atomic mass is 16.6. The van der Waals surface area contributed by atoms with E-state index in [9.17, 15) is 14.9 Å². The predicted octanol–water partition coefficient (Wildman–Crippen LogP) is 5.73. The molecule has 0 unspecified atom stereocenters. The lowest BCUT2D eigenvalue weighted by molar-refractivity contribution is -0.384. The van der Waals surface area contributed by atoms with Gasteiger partial charge in [0.2, 0.25) is 0 Å². The van der Waals surface area contributed by atoms with E-state index in [-0.39, 0.29) is 17.1 Å². The molecule has 0 aliphatic heterocycles. The second-order valence-corrected chi connectivity index (χ2v) is 6.84. The fourth-order valence-electron chi connectivity index (χ4n) is 2.81. The summed E-state index contributed by atoms with van der Waals surface area (Å²) < 4.78 is 10.8. The van der Waals surface area contributed by atoms with Crippen LogP contribution in [-0.2, 0) is 0 Å². The maximum absolute atomic E-state index is 12.1. The van der Waals surface area contributed by atoms with E-state index >= 15 is 0 Å². The Labute approximate surface area is 171 Å². The molecule has 29 heavy (non-hydrogen) atoms. The number of ether oxygens (including phenoxy) is 2. The number of benzene rings is 1. The standard InChI is InChI=1S/C22H28N2O5/c1-2-3-4-5-6-7-8-9-16-28-20-14-15-21(23-17-20)22(25)29-19-12-10-18(11-13-19)24(26)27/h10-15,17H,2-9,16H2,1H3. The van der Waals surface area contributed by atoms with E-state index < -0.39 is 10.9 Å². The first-order valence-electron chi connectivity index (χ1n) is 10.2. The van der Waals surface area contributed by atoms with Crippen molar-refractivity contribution in [1.29, 1.82) is 0 Å². The summed E-state index contributed by atoms with van der Waals surface area (Å²) in [4.78, 5) is 26.3. The van der Waals surface area contributed by atoms with Crippen LogP contribution in [0.15, 0.2) is 42.6 Å². The molecule has 2 rings (SSSR count). The van der Waals surface area contributed by atoms with Crippen LogP contribution < -0.4 is 9.47 Å². The van der Waals surface area contributed by atoms with Crippen LogP contribution in [-0.4, -0.2) is 22.5 Å². The fraction of sp³-hybridized carbons (Fsp3) is 0.455. The maximum Gasteiger partial charge on any atom is 0.362 e. The minimum absolute atomic E-state index is 0.0686. The summed E-state index contributed by atoms with van der Waals surface area (Å²) >= 11 is 0. The second kappa shape index (κ2) is 12.5. The third kappa shape index (κ3) is 8.29. The van der Waals surface area contributed by atoms with Crippen molar-refractivity contribution >= 4 is 11.7 Å². The highest BCUT2D eigenvalue weighted by Crippen LogP contribution is 2.19. The topological polar surface area (TPSA) is 91.6 Å². The first-order valence-corrected chi connectivity index (χ1v) is 10.2. The number of nitrogens with zero attached hydrogens (tertiary/aromatic N) is 2. The van der Waals surface area contributed by atoms with Crippen LogP contribution in [0.1, 0.15) is 68.8 Å². The first kappa shape index (κ1) is 22.3. The lowest BCUT2D eigenvalue weighted by atomic mass is 10.1. The Balaban J connectivity index is 1.68. The van der Waals surface area contributed by atoms with Crippen LogP contribution in [0.5, 0.6) is 11.5 Å². The summed E-state index contributed by atoms with van der Waals surface area (Å²) in [7, 11) is 0. The maximum atomic E-state index is 12.1. The fourth-order valence-corrected chi connectivity index (χ4v) is 2.81. The number of carbonyl (C=O) groups is 1. The lowest BCUT2D eigenvalue weighted by Crippen LogP contribution is -2.10. The van der Waals surface area contributed by atoms with Crippen molar-refractivity contribution in [2.45, 2.75) is 58.3 Å². The molecule has 0 aliphatic carbocycles. The van der Waals surface area contributed by atoms with Crippen molar-refractivity contribution in [3.63, 3.8) is 0 Å². The molecule has 0 radical (unpaired) electrons. The first-order chi connectivity index (χ1) is 14.1.